The van der Waals surface area contributed by atoms with E-state index in [-0.39, 0.29) is 0 Å². The Balaban J connectivity index is 2.11. The number of rotatable bonds is 3. The zero-order chi connectivity index (χ0) is 7.40. The largest absolute Gasteiger partial charge is 0.306 e. The van der Waals surface area contributed by atoms with Crippen LogP contribution in [-0.2, 0) is 0 Å². The second-order valence-electron chi connectivity index (χ2n) is 2.84. The molecule has 2 heteroatoms. The highest BCUT2D eigenvalue weighted by molar-refractivity contribution is 5.89. The van der Waals surface area contributed by atoms with Crippen LogP contribution in [0.4, 0.5) is 0 Å². The van der Waals surface area contributed by atoms with E-state index in [1.165, 1.54) is 18.6 Å². The third kappa shape index (κ3) is 1.87. The first-order chi connectivity index (χ1) is 4.83. The maximum Gasteiger partial charge on any atom is 0.0507 e. The maximum atomic E-state index is 4.16. The molecule has 1 N–H and O–H groups in total. The minimum Gasteiger partial charge on any atom is -0.306 e. The van der Waals surface area contributed by atoms with Gasteiger partial charge in [0.15, 0.2) is 0 Å². The van der Waals surface area contributed by atoms with E-state index in [1.807, 2.05) is 6.08 Å². The predicted octanol–water partition coefficient (Wildman–Crippen LogP) is 1.55. The van der Waals surface area contributed by atoms with Gasteiger partial charge in [0, 0.05) is 5.71 Å². The van der Waals surface area contributed by atoms with Crippen molar-refractivity contribution in [1.29, 1.82) is 0 Å². The van der Waals surface area contributed by atoms with Crippen LogP contribution in [0.3, 0.4) is 0 Å². The summed E-state index contributed by atoms with van der Waals surface area (Å²) in [5, 5.41) is 4.16. The van der Waals surface area contributed by atoms with E-state index < -0.39 is 0 Å². The highest BCUT2D eigenvalue weighted by Gasteiger charge is 2.19. The van der Waals surface area contributed by atoms with Crippen molar-refractivity contribution in [3.8, 4) is 0 Å². The summed E-state index contributed by atoms with van der Waals surface area (Å²) in [4.78, 5) is 0. The van der Waals surface area contributed by atoms with Crippen molar-refractivity contribution in [3.63, 3.8) is 0 Å². The van der Waals surface area contributed by atoms with E-state index in [4.69, 9.17) is 0 Å². The first kappa shape index (κ1) is 7.32. The quantitative estimate of drug-likeness (QED) is 0.357. The Bertz CT molecular complexity index is 141. The molecule has 0 aromatic carbocycles. The molecule has 1 aliphatic carbocycles. The highest BCUT2D eigenvalue weighted by atomic mass is 15.3. The SMILES string of the molecule is C=CCNN=C1CC(C)C1. The molecule has 0 unspecified atom stereocenters. The summed E-state index contributed by atoms with van der Waals surface area (Å²) < 4.78 is 0. The van der Waals surface area contributed by atoms with Gasteiger partial charge in [-0.15, -0.1) is 6.58 Å². The molecular formula is C8H14N2. The Labute approximate surface area is 62.0 Å². The number of hydrazone groups is 1. The molecule has 0 saturated heterocycles. The fraction of sp³-hybridized carbons (Fsp3) is 0.625. The Morgan fingerprint density at radius 1 is 1.80 bits per heavy atom. The topological polar surface area (TPSA) is 24.4 Å². The summed E-state index contributed by atoms with van der Waals surface area (Å²) in [5.74, 6) is 0.851. The zero-order valence-corrected chi connectivity index (χ0v) is 6.43. The third-order valence-electron chi connectivity index (χ3n) is 1.64. The van der Waals surface area contributed by atoms with Gasteiger partial charge in [-0.3, -0.25) is 0 Å². The molecule has 10 heavy (non-hydrogen) atoms. The van der Waals surface area contributed by atoms with Crippen LogP contribution in [0.1, 0.15) is 19.8 Å². The van der Waals surface area contributed by atoms with Gasteiger partial charge < -0.3 is 5.43 Å². The van der Waals surface area contributed by atoms with E-state index in [0.717, 1.165) is 12.5 Å². The lowest BCUT2D eigenvalue weighted by molar-refractivity contribution is 0.546. The number of nitrogens with one attached hydrogen (secondary N) is 1. The van der Waals surface area contributed by atoms with Crippen LogP contribution in [-0.4, -0.2) is 12.3 Å². The van der Waals surface area contributed by atoms with Gasteiger partial charge in [-0.2, -0.15) is 5.10 Å². The van der Waals surface area contributed by atoms with Crippen molar-refractivity contribution in [3.05, 3.63) is 12.7 Å². The van der Waals surface area contributed by atoms with Gasteiger partial charge in [0.25, 0.3) is 0 Å². The standard InChI is InChI=1S/C8H14N2/c1-3-4-9-10-8-5-7(2)6-8/h3,7,9H,1,4-6H2,2H3. The summed E-state index contributed by atoms with van der Waals surface area (Å²) in [5.41, 5.74) is 4.23. The van der Waals surface area contributed by atoms with Crippen molar-refractivity contribution in [1.82, 2.24) is 5.43 Å². The van der Waals surface area contributed by atoms with Crippen molar-refractivity contribution >= 4 is 5.71 Å². The van der Waals surface area contributed by atoms with Crippen LogP contribution in [0.15, 0.2) is 17.8 Å². The summed E-state index contributed by atoms with van der Waals surface area (Å²) >= 11 is 0. The van der Waals surface area contributed by atoms with E-state index in [2.05, 4.69) is 24.0 Å². The minimum atomic E-state index is 0.776. The van der Waals surface area contributed by atoms with Crippen molar-refractivity contribution in [2.24, 2.45) is 11.0 Å². The molecule has 2 nitrogen and oxygen atoms in total. The van der Waals surface area contributed by atoms with Crippen LogP contribution in [0, 0.1) is 5.92 Å². The molecule has 0 radical (unpaired) electrons. The number of hydrogen-bond acceptors (Lipinski definition) is 2. The summed E-state index contributed by atoms with van der Waals surface area (Å²) in [7, 11) is 0. The lowest BCUT2D eigenvalue weighted by atomic mass is 9.85. The average molecular weight is 138 g/mol. The summed E-state index contributed by atoms with van der Waals surface area (Å²) in [6.07, 6.45) is 4.15. The van der Waals surface area contributed by atoms with Crippen LogP contribution in [0.5, 0.6) is 0 Å². The van der Waals surface area contributed by atoms with Crippen LogP contribution in [0.2, 0.25) is 0 Å². The third-order valence-corrected chi connectivity index (χ3v) is 1.64. The molecule has 1 fully saturated rings. The van der Waals surface area contributed by atoms with Gasteiger partial charge in [0.05, 0.1) is 6.54 Å². The Kier molecular flexibility index (Phi) is 2.49. The normalized spacial score (nSPS) is 23.3. The second kappa shape index (κ2) is 3.40. The van der Waals surface area contributed by atoms with Gasteiger partial charge in [-0.1, -0.05) is 13.0 Å². The van der Waals surface area contributed by atoms with E-state index in [9.17, 15) is 0 Å². The molecule has 1 aliphatic rings. The monoisotopic (exact) mass is 138 g/mol. The average Bonchev–Trinajstić information content (AvgIpc) is 1.85. The van der Waals surface area contributed by atoms with Gasteiger partial charge in [-0.25, -0.2) is 0 Å². The molecule has 1 rings (SSSR count). The van der Waals surface area contributed by atoms with Gasteiger partial charge >= 0.3 is 0 Å². The molecule has 0 aromatic heterocycles. The molecular weight excluding hydrogens is 124 g/mol. The molecule has 0 atom stereocenters. The van der Waals surface area contributed by atoms with Crippen LogP contribution >= 0.6 is 0 Å². The van der Waals surface area contributed by atoms with Crippen LogP contribution < -0.4 is 5.43 Å². The van der Waals surface area contributed by atoms with Gasteiger partial charge in [0.1, 0.15) is 0 Å². The predicted molar refractivity (Wildman–Crippen MR) is 44.0 cm³/mol. The fourth-order valence-corrected chi connectivity index (χ4v) is 1.06. The molecule has 0 bridgehead atoms. The van der Waals surface area contributed by atoms with E-state index in [0.29, 0.717) is 0 Å². The lowest BCUT2D eigenvalue weighted by Crippen LogP contribution is -2.23. The first-order valence-electron chi connectivity index (χ1n) is 3.72. The Morgan fingerprint density at radius 2 is 2.50 bits per heavy atom. The Morgan fingerprint density at radius 3 is 3.00 bits per heavy atom. The second-order valence-corrected chi connectivity index (χ2v) is 2.84. The highest BCUT2D eigenvalue weighted by Crippen LogP contribution is 2.22. The maximum absolute atomic E-state index is 4.16. The molecule has 0 spiro atoms. The van der Waals surface area contributed by atoms with Crippen molar-refractivity contribution < 1.29 is 0 Å². The van der Waals surface area contributed by atoms with E-state index >= 15 is 0 Å². The Hall–Kier alpha value is -0.790. The molecule has 0 aromatic rings. The zero-order valence-electron chi connectivity index (χ0n) is 6.43. The summed E-state index contributed by atoms with van der Waals surface area (Å²) in [6, 6.07) is 0. The molecule has 56 valence electrons. The molecule has 0 heterocycles. The van der Waals surface area contributed by atoms with Gasteiger partial charge in [-0.05, 0) is 18.8 Å². The fourth-order valence-electron chi connectivity index (χ4n) is 1.06. The molecule has 1 saturated carbocycles. The van der Waals surface area contributed by atoms with Crippen LogP contribution in [0.25, 0.3) is 0 Å². The van der Waals surface area contributed by atoms with Crippen molar-refractivity contribution in [2.75, 3.05) is 6.54 Å². The molecule has 0 amide bonds. The smallest absolute Gasteiger partial charge is 0.0507 e. The molecule has 0 aliphatic heterocycles. The van der Waals surface area contributed by atoms with Crippen molar-refractivity contribution in [2.45, 2.75) is 19.8 Å². The first-order valence-corrected chi connectivity index (χ1v) is 3.72. The van der Waals surface area contributed by atoms with E-state index in [1.54, 1.807) is 0 Å². The summed E-state index contributed by atoms with van der Waals surface area (Å²) in [6.45, 7) is 6.60. The minimum absolute atomic E-state index is 0.776. The lowest BCUT2D eigenvalue weighted by Gasteiger charge is -2.23. The van der Waals surface area contributed by atoms with Gasteiger partial charge in [0.2, 0.25) is 0 Å². The number of hydrogen-bond donors (Lipinski definition) is 1. The number of nitrogens with zero attached hydrogens (tertiary/aromatic N) is 1.